The lowest BCUT2D eigenvalue weighted by Gasteiger charge is -2.16. The van der Waals surface area contributed by atoms with E-state index >= 15 is 0 Å². The topological polar surface area (TPSA) is 67.1 Å². The molecule has 1 aliphatic rings. The summed E-state index contributed by atoms with van der Waals surface area (Å²) < 4.78 is 2.19. The molecule has 2 aromatic rings. The SMILES string of the molecule is CCNC(=NCc1nnc2n1CCC2)NCC(C)c1ccccc1. The molecule has 0 fully saturated rings. The van der Waals surface area contributed by atoms with Crippen molar-refractivity contribution >= 4 is 5.96 Å². The van der Waals surface area contributed by atoms with E-state index in [1.165, 1.54) is 5.56 Å². The minimum Gasteiger partial charge on any atom is -0.357 e. The zero-order chi connectivity index (χ0) is 16.8. The Bertz CT molecular complexity index is 676. The summed E-state index contributed by atoms with van der Waals surface area (Å²) in [6.45, 7) is 7.55. The fourth-order valence-electron chi connectivity index (χ4n) is 2.97. The number of hydrogen-bond donors (Lipinski definition) is 2. The molecule has 24 heavy (non-hydrogen) atoms. The first kappa shape index (κ1) is 16.5. The molecule has 2 heterocycles. The van der Waals surface area contributed by atoms with Crippen LogP contribution in [0.15, 0.2) is 35.3 Å². The first-order valence-corrected chi connectivity index (χ1v) is 8.76. The molecule has 1 unspecified atom stereocenters. The summed E-state index contributed by atoms with van der Waals surface area (Å²) in [5.41, 5.74) is 1.33. The Kier molecular flexibility index (Phi) is 5.46. The molecule has 1 aromatic heterocycles. The van der Waals surface area contributed by atoms with E-state index in [1.54, 1.807) is 0 Å². The van der Waals surface area contributed by atoms with Crippen molar-refractivity contribution in [2.24, 2.45) is 4.99 Å². The fourth-order valence-corrected chi connectivity index (χ4v) is 2.97. The van der Waals surface area contributed by atoms with Crippen molar-refractivity contribution in [3.63, 3.8) is 0 Å². The van der Waals surface area contributed by atoms with Crippen LogP contribution in [0.2, 0.25) is 0 Å². The lowest BCUT2D eigenvalue weighted by atomic mass is 10.0. The van der Waals surface area contributed by atoms with Gasteiger partial charge in [0.2, 0.25) is 0 Å². The van der Waals surface area contributed by atoms with E-state index in [0.29, 0.717) is 12.5 Å². The Balaban J connectivity index is 1.59. The van der Waals surface area contributed by atoms with Crippen LogP contribution in [0.3, 0.4) is 0 Å². The molecule has 0 radical (unpaired) electrons. The summed E-state index contributed by atoms with van der Waals surface area (Å²) >= 11 is 0. The highest BCUT2D eigenvalue weighted by atomic mass is 15.3. The lowest BCUT2D eigenvalue weighted by Crippen LogP contribution is -2.39. The summed E-state index contributed by atoms with van der Waals surface area (Å²) in [7, 11) is 0. The highest BCUT2D eigenvalue weighted by Gasteiger charge is 2.16. The number of aryl methyl sites for hydroxylation is 1. The van der Waals surface area contributed by atoms with E-state index in [2.05, 4.69) is 68.5 Å². The molecule has 0 saturated heterocycles. The number of benzene rings is 1. The van der Waals surface area contributed by atoms with Gasteiger partial charge in [-0.05, 0) is 24.8 Å². The molecule has 2 N–H and O–H groups in total. The third-order valence-electron chi connectivity index (χ3n) is 4.35. The molecule has 0 aliphatic carbocycles. The highest BCUT2D eigenvalue weighted by Crippen LogP contribution is 2.15. The van der Waals surface area contributed by atoms with Crippen molar-refractivity contribution in [3.8, 4) is 0 Å². The first-order valence-electron chi connectivity index (χ1n) is 8.76. The minimum atomic E-state index is 0.424. The predicted octanol–water partition coefficient (Wildman–Crippen LogP) is 2.08. The molecular weight excluding hydrogens is 300 g/mol. The summed E-state index contributed by atoms with van der Waals surface area (Å²) in [6, 6.07) is 10.5. The molecule has 0 bridgehead atoms. The van der Waals surface area contributed by atoms with Crippen LogP contribution in [-0.2, 0) is 19.5 Å². The standard InChI is InChI=1S/C18H26N6/c1-3-19-18(20-12-14(2)15-8-5-4-6-9-15)21-13-17-23-22-16-10-7-11-24(16)17/h4-6,8-9,14H,3,7,10-13H2,1-2H3,(H2,19,20,21). The number of fused-ring (bicyclic) bond motifs is 1. The molecule has 6 heteroatoms. The molecule has 6 nitrogen and oxygen atoms in total. The van der Waals surface area contributed by atoms with Gasteiger partial charge in [-0.25, -0.2) is 4.99 Å². The van der Waals surface area contributed by atoms with Crippen molar-refractivity contribution in [1.29, 1.82) is 0 Å². The molecule has 128 valence electrons. The van der Waals surface area contributed by atoms with Gasteiger partial charge < -0.3 is 15.2 Å². The summed E-state index contributed by atoms with van der Waals surface area (Å²) in [6.07, 6.45) is 2.19. The quantitative estimate of drug-likeness (QED) is 0.630. The third kappa shape index (κ3) is 3.93. The van der Waals surface area contributed by atoms with Gasteiger partial charge in [-0.2, -0.15) is 0 Å². The first-order chi connectivity index (χ1) is 11.8. The number of hydrogen-bond acceptors (Lipinski definition) is 3. The van der Waals surface area contributed by atoms with E-state index in [9.17, 15) is 0 Å². The van der Waals surface area contributed by atoms with Gasteiger partial charge in [-0.3, -0.25) is 0 Å². The van der Waals surface area contributed by atoms with Crippen molar-refractivity contribution in [1.82, 2.24) is 25.4 Å². The Morgan fingerprint density at radius 1 is 1.25 bits per heavy atom. The predicted molar refractivity (Wildman–Crippen MR) is 96.0 cm³/mol. The van der Waals surface area contributed by atoms with Gasteiger partial charge in [0, 0.05) is 26.1 Å². The van der Waals surface area contributed by atoms with Crippen LogP contribution in [0.4, 0.5) is 0 Å². The summed E-state index contributed by atoms with van der Waals surface area (Å²) in [5.74, 6) is 3.30. The number of nitrogens with one attached hydrogen (secondary N) is 2. The Labute approximate surface area is 143 Å². The Hall–Kier alpha value is -2.37. The van der Waals surface area contributed by atoms with Crippen LogP contribution in [0, 0.1) is 0 Å². The maximum atomic E-state index is 4.67. The number of guanidine groups is 1. The smallest absolute Gasteiger partial charge is 0.191 e. The van der Waals surface area contributed by atoms with Crippen molar-refractivity contribution in [2.45, 2.75) is 45.7 Å². The van der Waals surface area contributed by atoms with E-state index in [4.69, 9.17) is 0 Å². The van der Waals surface area contributed by atoms with Gasteiger partial charge in [0.05, 0.1) is 0 Å². The zero-order valence-electron chi connectivity index (χ0n) is 14.5. The van der Waals surface area contributed by atoms with Gasteiger partial charge in [-0.1, -0.05) is 37.3 Å². The third-order valence-corrected chi connectivity index (χ3v) is 4.35. The number of aliphatic imine (C=N–C) groups is 1. The highest BCUT2D eigenvalue weighted by molar-refractivity contribution is 5.79. The monoisotopic (exact) mass is 326 g/mol. The number of rotatable bonds is 6. The maximum Gasteiger partial charge on any atom is 0.191 e. The molecular formula is C18H26N6. The van der Waals surface area contributed by atoms with Crippen LogP contribution in [0.5, 0.6) is 0 Å². The zero-order valence-corrected chi connectivity index (χ0v) is 14.5. The molecule has 1 aromatic carbocycles. The molecule has 0 saturated carbocycles. The summed E-state index contributed by atoms with van der Waals surface area (Å²) in [5, 5.41) is 15.2. The van der Waals surface area contributed by atoms with E-state index in [0.717, 1.165) is 50.1 Å². The number of nitrogens with zero attached hydrogens (tertiary/aromatic N) is 4. The van der Waals surface area contributed by atoms with Crippen molar-refractivity contribution in [2.75, 3.05) is 13.1 Å². The summed E-state index contributed by atoms with van der Waals surface area (Å²) in [4.78, 5) is 4.67. The second-order valence-corrected chi connectivity index (χ2v) is 6.18. The van der Waals surface area contributed by atoms with E-state index in [-0.39, 0.29) is 0 Å². The second-order valence-electron chi connectivity index (χ2n) is 6.18. The van der Waals surface area contributed by atoms with Gasteiger partial charge in [0.15, 0.2) is 11.8 Å². The van der Waals surface area contributed by atoms with Crippen LogP contribution in [0.1, 0.15) is 43.4 Å². The van der Waals surface area contributed by atoms with Crippen LogP contribution in [-0.4, -0.2) is 33.8 Å². The molecule has 0 amide bonds. The maximum absolute atomic E-state index is 4.67. The van der Waals surface area contributed by atoms with Gasteiger partial charge in [0.25, 0.3) is 0 Å². The van der Waals surface area contributed by atoms with E-state index in [1.807, 2.05) is 6.07 Å². The van der Waals surface area contributed by atoms with E-state index < -0.39 is 0 Å². The molecule has 1 aliphatic heterocycles. The minimum absolute atomic E-state index is 0.424. The average Bonchev–Trinajstić information content (AvgIpc) is 3.22. The van der Waals surface area contributed by atoms with Crippen molar-refractivity contribution in [3.05, 3.63) is 47.5 Å². The molecule has 0 spiro atoms. The molecule has 1 atom stereocenters. The van der Waals surface area contributed by atoms with Gasteiger partial charge in [0.1, 0.15) is 12.4 Å². The second kappa shape index (κ2) is 7.95. The fraction of sp³-hybridized carbons (Fsp3) is 0.500. The van der Waals surface area contributed by atoms with Crippen LogP contribution < -0.4 is 10.6 Å². The Morgan fingerprint density at radius 3 is 2.88 bits per heavy atom. The van der Waals surface area contributed by atoms with Crippen molar-refractivity contribution < 1.29 is 0 Å². The normalized spacial score (nSPS) is 15.2. The van der Waals surface area contributed by atoms with Crippen LogP contribution in [0.25, 0.3) is 0 Å². The lowest BCUT2D eigenvalue weighted by molar-refractivity contribution is 0.676. The average molecular weight is 326 g/mol. The largest absolute Gasteiger partial charge is 0.357 e. The number of aromatic nitrogens is 3. The Morgan fingerprint density at radius 2 is 2.08 bits per heavy atom. The van der Waals surface area contributed by atoms with Gasteiger partial charge in [-0.15, -0.1) is 10.2 Å². The van der Waals surface area contributed by atoms with Crippen LogP contribution >= 0.6 is 0 Å². The molecule has 3 rings (SSSR count). The van der Waals surface area contributed by atoms with Gasteiger partial charge >= 0.3 is 0 Å².